The van der Waals surface area contributed by atoms with Crippen LogP contribution in [0.15, 0.2) is 41.0 Å². The molecule has 26 heavy (non-hydrogen) atoms. The number of hydrogen-bond donors (Lipinski definition) is 0. The Kier molecular flexibility index (Phi) is 4.78. The minimum Gasteiger partial charge on any atom is -0.497 e. The fourth-order valence-corrected chi connectivity index (χ4v) is 4.34. The highest BCUT2D eigenvalue weighted by Crippen LogP contribution is 2.28. The Labute approximate surface area is 163 Å². The molecule has 3 aromatic rings. The number of anilines is 1. The molecular weight excluding hydrogens is 416 g/mol. The van der Waals surface area contributed by atoms with Gasteiger partial charge < -0.3 is 14.5 Å². The maximum atomic E-state index is 12.9. The Hall–Kier alpha value is -2.19. The third-order valence-electron chi connectivity index (χ3n) is 4.40. The van der Waals surface area contributed by atoms with E-state index in [-0.39, 0.29) is 5.91 Å². The van der Waals surface area contributed by atoms with Gasteiger partial charge in [-0.15, -0.1) is 0 Å². The molecule has 0 radical (unpaired) electrons. The van der Waals surface area contributed by atoms with E-state index in [0.717, 1.165) is 33.0 Å². The number of nitrogens with zero attached hydrogens (tertiary/aromatic N) is 4. The van der Waals surface area contributed by atoms with Crippen LogP contribution in [0.25, 0.3) is 10.3 Å². The van der Waals surface area contributed by atoms with Gasteiger partial charge in [-0.1, -0.05) is 11.3 Å². The van der Waals surface area contributed by atoms with Crippen LogP contribution in [0.2, 0.25) is 0 Å². The Balaban J connectivity index is 1.47. The molecular formula is C18H17BrN4O2S. The monoisotopic (exact) mass is 432 g/mol. The average molecular weight is 433 g/mol. The molecule has 1 amide bonds. The minimum atomic E-state index is 0.0152. The first-order valence-corrected chi connectivity index (χ1v) is 9.86. The number of carbonyl (C=O) groups is 1. The maximum Gasteiger partial charge on any atom is 0.255 e. The van der Waals surface area contributed by atoms with Crippen LogP contribution in [-0.2, 0) is 0 Å². The Morgan fingerprint density at radius 3 is 2.77 bits per heavy atom. The van der Waals surface area contributed by atoms with Crippen LogP contribution in [0.1, 0.15) is 10.4 Å². The number of amides is 1. The normalized spacial score (nSPS) is 14.7. The van der Waals surface area contributed by atoms with Crippen LogP contribution in [0, 0.1) is 0 Å². The summed E-state index contributed by atoms with van der Waals surface area (Å²) in [5.74, 6) is 0.693. The minimum absolute atomic E-state index is 0.0152. The standard InChI is InChI=1S/C18H17BrN4O2S/c1-25-12-4-5-14(19)13(11-12)17(24)22-7-9-23(10-8-22)18-21-15-3-2-6-20-16(15)26-18/h2-6,11H,7-10H2,1H3. The highest BCUT2D eigenvalue weighted by molar-refractivity contribution is 9.10. The van der Waals surface area contributed by atoms with Crippen molar-refractivity contribution in [1.82, 2.24) is 14.9 Å². The van der Waals surface area contributed by atoms with Crippen molar-refractivity contribution in [1.29, 1.82) is 0 Å². The molecule has 1 aromatic carbocycles. The molecule has 8 heteroatoms. The van der Waals surface area contributed by atoms with Crippen molar-refractivity contribution in [3.8, 4) is 5.75 Å². The average Bonchev–Trinajstić information content (AvgIpc) is 3.12. The van der Waals surface area contributed by atoms with Crippen molar-refractivity contribution >= 4 is 48.7 Å². The predicted octanol–water partition coefficient (Wildman–Crippen LogP) is 3.42. The van der Waals surface area contributed by atoms with Gasteiger partial charge in [-0.3, -0.25) is 4.79 Å². The van der Waals surface area contributed by atoms with Crippen molar-refractivity contribution < 1.29 is 9.53 Å². The van der Waals surface area contributed by atoms with E-state index in [0.29, 0.717) is 24.4 Å². The molecule has 0 N–H and O–H groups in total. The molecule has 0 unspecified atom stereocenters. The summed E-state index contributed by atoms with van der Waals surface area (Å²) in [5.41, 5.74) is 1.55. The smallest absolute Gasteiger partial charge is 0.255 e. The highest BCUT2D eigenvalue weighted by atomic mass is 79.9. The molecule has 4 rings (SSSR count). The third-order valence-corrected chi connectivity index (χ3v) is 6.13. The number of aromatic nitrogens is 2. The zero-order chi connectivity index (χ0) is 18.1. The summed E-state index contributed by atoms with van der Waals surface area (Å²) in [6.07, 6.45) is 1.78. The lowest BCUT2D eigenvalue weighted by Crippen LogP contribution is -2.48. The second-order valence-electron chi connectivity index (χ2n) is 5.95. The van der Waals surface area contributed by atoms with Crippen LogP contribution in [0.5, 0.6) is 5.75 Å². The Morgan fingerprint density at radius 1 is 1.23 bits per heavy atom. The van der Waals surface area contributed by atoms with E-state index in [1.54, 1.807) is 30.7 Å². The van der Waals surface area contributed by atoms with E-state index in [1.807, 2.05) is 29.2 Å². The fourth-order valence-electron chi connectivity index (χ4n) is 2.96. The number of piperazine rings is 1. The molecule has 0 atom stereocenters. The lowest BCUT2D eigenvalue weighted by Gasteiger charge is -2.34. The van der Waals surface area contributed by atoms with Crippen LogP contribution in [-0.4, -0.2) is 54.1 Å². The van der Waals surface area contributed by atoms with Crippen molar-refractivity contribution in [2.75, 3.05) is 38.2 Å². The number of methoxy groups -OCH3 is 1. The molecule has 3 heterocycles. The highest BCUT2D eigenvalue weighted by Gasteiger charge is 2.25. The van der Waals surface area contributed by atoms with E-state index in [1.165, 1.54) is 0 Å². The predicted molar refractivity (Wildman–Crippen MR) is 106 cm³/mol. The fraction of sp³-hybridized carbons (Fsp3) is 0.278. The van der Waals surface area contributed by atoms with Gasteiger partial charge in [0, 0.05) is 36.8 Å². The van der Waals surface area contributed by atoms with Crippen LogP contribution >= 0.6 is 27.3 Å². The lowest BCUT2D eigenvalue weighted by atomic mass is 10.1. The zero-order valence-corrected chi connectivity index (χ0v) is 16.6. The Bertz CT molecular complexity index is 920. The van der Waals surface area contributed by atoms with E-state index >= 15 is 0 Å². The SMILES string of the molecule is COc1ccc(Br)c(C(=O)N2CCN(c3nc4cccnc4s3)CC2)c1. The second-order valence-corrected chi connectivity index (χ2v) is 7.76. The number of halogens is 1. The number of hydrogen-bond acceptors (Lipinski definition) is 6. The largest absolute Gasteiger partial charge is 0.497 e. The number of pyridine rings is 1. The molecule has 0 aliphatic carbocycles. The number of rotatable bonds is 3. The topological polar surface area (TPSA) is 58.6 Å². The zero-order valence-electron chi connectivity index (χ0n) is 14.2. The molecule has 0 spiro atoms. The first-order chi connectivity index (χ1) is 12.7. The van der Waals surface area contributed by atoms with Crippen molar-refractivity contribution in [2.24, 2.45) is 0 Å². The second kappa shape index (κ2) is 7.20. The molecule has 0 bridgehead atoms. The van der Waals surface area contributed by atoms with Gasteiger partial charge in [0.25, 0.3) is 5.91 Å². The van der Waals surface area contributed by atoms with Gasteiger partial charge in [-0.25, -0.2) is 9.97 Å². The summed E-state index contributed by atoms with van der Waals surface area (Å²) >= 11 is 5.06. The van der Waals surface area contributed by atoms with Gasteiger partial charge in [-0.2, -0.15) is 0 Å². The molecule has 1 fully saturated rings. The maximum absolute atomic E-state index is 12.9. The van der Waals surface area contributed by atoms with Crippen molar-refractivity contribution in [2.45, 2.75) is 0 Å². The number of carbonyl (C=O) groups excluding carboxylic acids is 1. The lowest BCUT2D eigenvalue weighted by molar-refractivity contribution is 0.0745. The van der Waals surface area contributed by atoms with Crippen molar-refractivity contribution in [3.05, 3.63) is 46.6 Å². The quantitative estimate of drug-likeness (QED) is 0.634. The number of thiazole rings is 1. The number of ether oxygens (including phenoxy) is 1. The van der Waals surface area contributed by atoms with E-state index in [4.69, 9.17) is 4.74 Å². The molecule has 134 valence electrons. The van der Waals surface area contributed by atoms with E-state index in [2.05, 4.69) is 30.8 Å². The Morgan fingerprint density at radius 2 is 2.04 bits per heavy atom. The summed E-state index contributed by atoms with van der Waals surface area (Å²) in [4.78, 5) is 26.9. The third kappa shape index (κ3) is 3.26. The van der Waals surface area contributed by atoms with Gasteiger partial charge in [0.1, 0.15) is 16.1 Å². The molecule has 6 nitrogen and oxygen atoms in total. The summed E-state index contributed by atoms with van der Waals surface area (Å²) in [6.45, 7) is 2.83. The van der Waals surface area contributed by atoms with Crippen molar-refractivity contribution in [3.63, 3.8) is 0 Å². The van der Waals surface area contributed by atoms with Crippen LogP contribution in [0.3, 0.4) is 0 Å². The molecule has 1 aliphatic heterocycles. The van der Waals surface area contributed by atoms with Gasteiger partial charge in [0.05, 0.1) is 12.7 Å². The van der Waals surface area contributed by atoms with Gasteiger partial charge >= 0.3 is 0 Å². The van der Waals surface area contributed by atoms with Gasteiger partial charge in [-0.05, 0) is 46.3 Å². The molecule has 2 aromatic heterocycles. The van der Waals surface area contributed by atoms with Crippen LogP contribution < -0.4 is 9.64 Å². The molecule has 1 aliphatic rings. The molecule has 1 saturated heterocycles. The van der Waals surface area contributed by atoms with Crippen LogP contribution in [0.4, 0.5) is 5.13 Å². The number of benzene rings is 1. The van der Waals surface area contributed by atoms with Gasteiger partial charge in [0.2, 0.25) is 0 Å². The van der Waals surface area contributed by atoms with Gasteiger partial charge in [0.15, 0.2) is 5.13 Å². The first-order valence-electron chi connectivity index (χ1n) is 8.25. The summed E-state index contributed by atoms with van der Waals surface area (Å²) in [6, 6.07) is 9.32. The molecule has 0 saturated carbocycles. The summed E-state index contributed by atoms with van der Waals surface area (Å²) in [5, 5.41) is 0.966. The van der Waals surface area contributed by atoms with E-state index in [9.17, 15) is 4.79 Å². The summed E-state index contributed by atoms with van der Waals surface area (Å²) < 4.78 is 6.02. The van der Waals surface area contributed by atoms with E-state index < -0.39 is 0 Å². The first kappa shape index (κ1) is 17.2. The summed E-state index contributed by atoms with van der Waals surface area (Å²) in [7, 11) is 1.60. The number of fused-ring (bicyclic) bond motifs is 1.